The number of phenols is 2. The summed E-state index contributed by atoms with van der Waals surface area (Å²) in [5, 5.41) is 19.9. The van der Waals surface area contributed by atoms with Crippen LogP contribution >= 0.6 is 0 Å². The Balaban J connectivity index is 2.51. The van der Waals surface area contributed by atoms with Crippen molar-refractivity contribution in [3.63, 3.8) is 0 Å². The van der Waals surface area contributed by atoms with Crippen molar-refractivity contribution in [2.75, 3.05) is 6.61 Å². The fourth-order valence-corrected chi connectivity index (χ4v) is 3.00. The van der Waals surface area contributed by atoms with E-state index in [1.807, 2.05) is 6.07 Å². The van der Waals surface area contributed by atoms with E-state index in [-0.39, 0.29) is 17.6 Å². The van der Waals surface area contributed by atoms with E-state index in [1.54, 1.807) is 6.07 Å². The van der Waals surface area contributed by atoms with Crippen molar-refractivity contribution in [3.8, 4) is 11.5 Å². The number of rotatable bonds is 14. The predicted molar refractivity (Wildman–Crippen MR) is 101 cm³/mol. The second kappa shape index (κ2) is 13.1. The molecule has 0 aliphatic heterocycles. The lowest BCUT2D eigenvalue weighted by Crippen LogP contribution is -2.06. The van der Waals surface area contributed by atoms with Crippen LogP contribution in [-0.2, 0) is 4.74 Å². The molecule has 24 heavy (non-hydrogen) atoms. The Morgan fingerprint density at radius 3 is 2.17 bits per heavy atom. The van der Waals surface area contributed by atoms with Gasteiger partial charge in [-0.2, -0.15) is 0 Å². The Hall–Kier alpha value is -1.22. The van der Waals surface area contributed by atoms with Crippen LogP contribution in [0.3, 0.4) is 0 Å². The normalized spacial score (nSPS) is 12.4. The fourth-order valence-electron chi connectivity index (χ4n) is 3.00. The number of aromatic hydroxyl groups is 2. The van der Waals surface area contributed by atoms with Crippen molar-refractivity contribution in [1.29, 1.82) is 0 Å². The molecule has 1 aromatic carbocycles. The smallest absolute Gasteiger partial charge is 0.163 e. The van der Waals surface area contributed by atoms with E-state index in [1.165, 1.54) is 57.4 Å². The standard InChI is InChI=1S/C21H36O3/c1-3-5-7-9-10-11-16-20(24-17-12-8-6-4-2)18-14-13-15-19(22)21(18)23/h13-15,20,22-23H,3-12,16-17H2,1-2H3. The van der Waals surface area contributed by atoms with E-state index in [0.29, 0.717) is 0 Å². The van der Waals surface area contributed by atoms with Crippen LogP contribution in [0.25, 0.3) is 0 Å². The van der Waals surface area contributed by atoms with Gasteiger partial charge in [0.05, 0.1) is 6.10 Å². The second-order valence-electron chi connectivity index (χ2n) is 6.69. The number of benzene rings is 1. The van der Waals surface area contributed by atoms with Crippen LogP contribution < -0.4 is 0 Å². The topological polar surface area (TPSA) is 49.7 Å². The average Bonchev–Trinajstić information content (AvgIpc) is 2.58. The molecule has 0 saturated heterocycles. The van der Waals surface area contributed by atoms with E-state index in [2.05, 4.69) is 13.8 Å². The summed E-state index contributed by atoms with van der Waals surface area (Å²) in [6, 6.07) is 5.16. The SMILES string of the molecule is CCCCCCCCC(OCCCCCC)c1cccc(O)c1O. The third-order valence-corrected chi connectivity index (χ3v) is 4.53. The highest BCUT2D eigenvalue weighted by atomic mass is 16.5. The minimum Gasteiger partial charge on any atom is -0.504 e. The van der Waals surface area contributed by atoms with Gasteiger partial charge in [0, 0.05) is 12.2 Å². The van der Waals surface area contributed by atoms with Crippen LogP contribution in [0.4, 0.5) is 0 Å². The largest absolute Gasteiger partial charge is 0.504 e. The van der Waals surface area contributed by atoms with Crippen molar-refractivity contribution in [2.24, 2.45) is 0 Å². The minimum atomic E-state index is -0.120. The third-order valence-electron chi connectivity index (χ3n) is 4.53. The molecule has 0 heterocycles. The van der Waals surface area contributed by atoms with Crippen LogP contribution in [0.15, 0.2) is 18.2 Å². The molecule has 0 aliphatic carbocycles. The van der Waals surface area contributed by atoms with Crippen molar-refractivity contribution in [1.82, 2.24) is 0 Å². The zero-order chi connectivity index (χ0) is 17.6. The molecule has 0 bridgehead atoms. The zero-order valence-electron chi connectivity index (χ0n) is 15.6. The number of hydrogen-bond acceptors (Lipinski definition) is 3. The van der Waals surface area contributed by atoms with Crippen molar-refractivity contribution in [3.05, 3.63) is 23.8 Å². The molecule has 0 aromatic heterocycles. The summed E-state index contributed by atoms with van der Waals surface area (Å²) < 4.78 is 6.07. The van der Waals surface area contributed by atoms with E-state index in [4.69, 9.17) is 4.74 Å². The molecular weight excluding hydrogens is 300 g/mol. The average molecular weight is 337 g/mol. The summed E-state index contributed by atoms with van der Waals surface area (Å²) >= 11 is 0. The molecule has 138 valence electrons. The summed E-state index contributed by atoms with van der Waals surface area (Å²) in [6.07, 6.45) is 12.9. The van der Waals surface area contributed by atoms with Gasteiger partial charge in [0.2, 0.25) is 0 Å². The van der Waals surface area contributed by atoms with Crippen LogP contribution in [0.5, 0.6) is 11.5 Å². The summed E-state index contributed by atoms with van der Waals surface area (Å²) in [6.45, 7) is 5.15. The Labute approximate surface area is 148 Å². The summed E-state index contributed by atoms with van der Waals surface area (Å²) in [4.78, 5) is 0. The molecule has 1 atom stereocenters. The number of ether oxygens (including phenoxy) is 1. The van der Waals surface area contributed by atoms with Crippen LogP contribution in [-0.4, -0.2) is 16.8 Å². The Morgan fingerprint density at radius 1 is 0.833 bits per heavy atom. The van der Waals surface area contributed by atoms with Crippen molar-refractivity contribution >= 4 is 0 Å². The van der Waals surface area contributed by atoms with E-state index in [0.717, 1.165) is 31.4 Å². The number of unbranched alkanes of at least 4 members (excludes halogenated alkanes) is 8. The Bertz CT molecular complexity index is 431. The maximum atomic E-state index is 10.2. The molecular formula is C21H36O3. The first-order valence-corrected chi connectivity index (χ1v) is 9.83. The molecule has 0 radical (unpaired) electrons. The van der Waals surface area contributed by atoms with E-state index >= 15 is 0 Å². The monoisotopic (exact) mass is 336 g/mol. The van der Waals surface area contributed by atoms with Gasteiger partial charge in [-0.15, -0.1) is 0 Å². The van der Waals surface area contributed by atoms with Crippen LogP contribution in [0, 0.1) is 0 Å². The van der Waals surface area contributed by atoms with Gasteiger partial charge >= 0.3 is 0 Å². The van der Waals surface area contributed by atoms with E-state index < -0.39 is 0 Å². The van der Waals surface area contributed by atoms with Crippen molar-refractivity contribution in [2.45, 2.75) is 90.6 Å². The second-order valence-corrected chi connectivity index (χ2v) is 6.69. The maximum Gasteiger partial charge on any atom is 0.163 e. The molecule has 0 fully saturated rings. The van der Waals surface area contributed by atoms with Gasteiger partial charge in [-0.1, -0.05) is 83.8 Å². The number of phenolic OH excluding ortho intramolecular Hbond substituents is 2. The molecule has 3 heteroatoms. The van der Waals surface area contributed by atoms with Gasteiger partial charge in [0.25, 0.3) is 0 Å². The highest BCUT2D eigenvalue weighted by Gasteiger charge is 2.17. The van der Waals surface area contributed by atoms with Gasteiger partial charge < -0.3 is 14.9 Å². The summed E-state index contributed by atoms with van der Waals surface area (Å²) in [5.74, 6) is -0.0860. The highest BCUT2D eigenvalue weighted by Crippen LogP contribution is 2.36. The Morgan fingerprint density at radius 2 is 1.46 bits per heavy atom. The molecule has 1 unspecified atom stereocenters. The Kier molecular flexibility index (Phi) is 11.4. The summed E-state index contributed by atoms with van der Waals surface area (Å²) in [7, 11) is 0. The molecule has 0 saturated carbocycles. The zero-order valence-corrected chi connectivity index (χ0v) is 15.6. The third kappa shape index (κ3) is 8.05. The lowest BCUT2D eigenvalue weighted by Gasteiger charge is -2.20. The first-order valence-electron chi connectivity index (χ1n) is 9.83. The first-order chi connectivity index (χ1) is 11.7. The molecule has 1 aromatic rings. The lowest BCUT2D eigenvalue weighted by molar-refractivity contribution is 0.0404. The van der Waals surface area contributed by atoms with E-state index in [9.17, 15) is 10.2 Å². The van der Waals surface area contributed by atoms with Gasteiger partial charge in [-0.3, -0.25) is 0 Å². The quantitative estimate of drug-likeness (QED) is 0.302. The van der Waals surface area contributed by atoms with Gasteiger partial charge in [-0.25, -0.2) is 0 Å². The predicted octanol–water partition coefficient (Wildman–Crippen LogP) is 6.49. The molecule has 0 spiro atoms. The molecule has 0 amide bonds. The van der Waals surface area contributed by atoms with Gasteiger partial charge in [0.15, 0.2) is 11.5 Å². The molecule has 0 aliphatic rings. The summed E-state index contributed by atoms with van der Waals surface area (Å²) in [5.41, 5.74) is 0.721. The molecule has 2 N–H and O–H groups in total. The number of para-hydroxylation sites is 1. The maximum absolute atomic E-state index is 10.2. The molecule has 1 rings (SSSR count). The lowest BCUT2D eigenvalue weighted by atomic mass is 10.0. The highest BCUT2D eigenvalue weighted by molar-refractivity contribution is 5.45. The van der Waals surface area contributed by atoms with Gasteiger partial charge in [-0.05, 0) is 18.9 Å². The number of hydrogen-bond donors (Lipinski definition) is 2. The van der Waals surface area contributed by atoms with Crippen molar-refractivity contribution < 1.29 is 14.9 Å². The molecule has 3 nitrogen and oxygen atoms in total. The van der Waals surface area contributed by atoms with Gasteiger partial charge in [0.1, 0.15) is 0 Å². The van der Waals surface area contributed by atoms with Crippen LogP contribution in [0.2, 0.25) is 0 Å². The minimum absolute atomic E-state index is 0.0259. The first kappa shape index (κ1) is 20.8. The fraction of sp³-hybridized carbons (Fsp3) is 0.714. The van der Waals surface area contributed by atoms with Crippen LogP contribution in [0.1, 0.15) is 96.1 Å².